The van der Waals surface area contributed by atoms with E-state index in [2.05, 4.69) is 51.7 Å². The van der Waals surface area contributed by atoms with Crippen molar-refractivity contribution in [3.8, 4) is 0 Å². The lowest BCUT2D eigenvalue weighted by molar-refractivity contribution is 0.722. The average molecular weight is 326 g/mol. The van der Waals surface area contributed by atoms with Gasteiger partial charge in [-0.15, -0.1) is 0 Å². The largest absolute Gasteiger partial charge is 0.372 e. The maximum atomic E-state index is 5.37. The minimum atomic E-state index is 0.152. The Hall–Kier alpha value is -2.14. The number of anilines is 2. The molecule has 1 aliphatic heterocycles. The highest BCUT2D eigenvalue weighted by molar-refractivity contribution is 7.80. The van der Waals surface area contributed by atoms with Crippen LogP contribution >= 0.6 is 12.2 Å². The quantitative estimate of drug-likeness (QED) is 0.838. The van der Waals surface area contributed by atoms with Crippen LogP contribution in [0.2, 0.25) is 0 Å². The van der Waals surface area contributed by atoms with Crippen LogP contribution in [0.1, 0.15) is 31.4 Å². The number of pyridine rings is 1. The summed E-state index contributed by atoms with van der Waals surface area (Å²) in [4.78, 5) is 6.51. The summed E-state index contributed by atoms with van der Waals surface area (Å²) in [6.45, 7) is 4.46. The molecule has 4 nitrogen and oxygen atoms in total. The summed E-state index contributed by atoms with van der Waals surface area (Å²) in [5.74, 6) is 0. The molecule has 3 rings (SSSR count). The van der Waals surface area contributed by atoms with Gasteiger partial charge in [-0.25, -0.2) is 0 Å². The van der Waals surface area contributed by atoms with E-state index in [1.54, 1.807) is 12.4 Å². The van der Waals surface area contributed by atoms with Crippen LogP contribution in [0, 0.1) is 0 Å². The molecule has 1 unspecified atom stereocenters. The van der Waals surface area contributed by atoms with Crippen LogP contribution in [0.25, 0.3) is 0 Å². The average Bonchev–Trinajstić information content (AvgIpc) is 3.10. The Labute approximate surface area is 142 Å². The Bertz CT molecular complexity index is 636. The van der Waals surface area contributed by atoms with E-state index >= 15 is 0 Å². The van der Waals surface area contributed by atoms with Crippen LogP contribution in [0.15, 0.2) is 48.8 Å². The molecule has 120 valence electrons. The van der Waals surface area contributed by atoms with E-state index in [1.165, 1.54) is 37.2 Å². The van der Waals surface area contributed by atoms with Gasteiger partial charge in [0.25, 0.3) is 0 Å². The first-order valence-corrected chi connectivity index (χ1v) is 8.45. The van der Waals surface area contributed by atoms with Gasteiger partial charge >= 0.3 is 0 Å². The van der Waals surface area contributed by atoms with Gasteiger partial charge in [-0.05, 0) is 61.8 Å². The van der Waals surface area contributed by atoms with Crippen molar-refractivity contribution < 1.29 is 0 Å². The van der Waals surface area contributed by atoms with Crippen molar-refractivity contribution in [2.75, 3.05) is 23.3 Å². The molecule has 1 fully saturated rings. The first-order chi connectivity index (χ1) is 11.2. The molecule has 0 aliphatic carbocycles. The summed E-state index contributed by atoms with van der Waals surface area (Å²) in [6.07, 6.45) is 6.09. The second kappa shape index (κ2) is 7.42. The first kappa shape index (κ1) is 15.7. The molecule has 0 saturated carbocycles. The molecular formula is C18H22N4S. The Morgan fingerprint density at radius 3 is 2.57 bits per heavy atom. The minimum absolute atomic E-state index is 0.152. The molecule has 1 aliphatic rings. The van der Waals surface area contributed by atoms with Crippen molar-refractivity contribution in [2.24, 2.45) is 0 Å². The lowest BCUT2D eigenvalue weighted by atomic mass is 10.1. The van der Waals surface area contributed by atoms with E-state index in [0.29, 0.717) is 5.11 Å². The monoisotopic (exact) mass is 326 g/mol. The normalized spacial score (nSPS) is 15.3. The Morgan fingerprint density at radius 2 is 1.91 bits per heavy atom. The predicted molar refractivity (Wildman–Crippen MR) is 99.9 cm³/mol. The molecule has 0 spiro atoms. The van der Waals surface area contributed by atoms with Gasteiger partial charge in [-0.3, -0.25) is 4.98 Å². The smallest absolute Gasteiger partial charge is 0.171 e. The van der Waals surface area contributed by atoms with E-state index in [-0.39, 0.29) is 6.04 Å². The highest BCUT2D eigenvalue weighted by Crippen LogP contribution is 2.22. The molecule has 1 aromatic carbocycles. The van der Waals surface area contributed by atoms with Gasteiger partial charge in [0.2, 0.25) is 0 Å². The number of hydrogen-bond donors (Lipinski definition) is 2. The maximum absolute atomic E-state index is 5.37. The fraction of sp³-hybridized carbons (Fsp3) is 0.333. The number of nitrogens with zero attached hydrogens (tertiary/aromatic N) is 2. The fourth-order valence-corrected chi connectivity index (χ4v) is 3.13. The first-order valence-electron chi connectivity index (χ1n) is 8.05. The molecule has 5 heteroatoms. The maximum Gasteiger partial charge on any atom is 0.171 e. The van der Waals surface area contributed by atoms with Crippen LogP contribution in [0.4, 0.5) is 11.4 Å². The number of aromatic nitrogens is 1. The van der Waals surface area contributed by atoms with Crippen molar-refractivity contribution in [3.63, 3.8) is 0 Å². The molecule has 2 N–H and O–H groups in total. The highest BCUT2D eigenvalue weighted by atomic mass is 32.1. The van der Waals surface area contributed by atoms with Crippen LogP contribution < -0.4 is 15.5 Å². The molecule has 2 heterocycles. The summed E-state index contributed by atoms with van der Waals surface area (Å²) < 4.78 is 0. The van der Waals surface area contributed by atoms with Gasteiger partial charge in [-0.1, -0.05) is 12.1 Å². The van der Waals surface area contributed by atoms with Crippen LogP contribution in [0.3, 0.4) is 0 Å². The molecule has 0 radical (unpaired) electrons. The van der Waals surface area contributed by atoms with Crippen LogP contribution in [-0.4, -0.2) is 23.2 Å². The van der Waals surface area contributed by atoms with Crippen molar-refractivity contribution in [1.82, 2.24) is 10.3 Å². The van der Waals surface area contributed by atoms with Crippen molar-refractivity contribution >= 4 is 28.7 Å². The fourth-order valence-electron chi connectivity index (χ4n) is 2.83. The number of rotatable bonds is 4. The highest BCUT2D eigenvalue weighted by Gasteiger charge is 2.13. The zero-order chi connectivity index (χ0) is 16.1. The van der Waals surface area contributed by atoms with E-state index in [0.717, 1.165) is 5.69 Å². The Balaban J connectivity index is 1.57. The second-order valence-electron chi connectivity index (χ2n) is 5.85. The zero-order valence-corrected chi connectivity index (χ0v) is 14.1. The van der Waals surface area contributed by atoms with E-state index in [1.807, 2.05) is 12.1 Å². The number of benzene rings is 1. The van der Waals surface area contributed by atoms with Gasteiger partial charge in [0.1, 0.15) is 0 Å². The number of thiocarbonyl (C=S) groups is 1. The van der Waals surface area contributed by atoms with Crippen LogP contribution in [0.5, 0.6) is 0 Å². The SMILES string of the molecule is CC(NC(=S)Nc1cccnc1)c1ccc(N2CCCC2)cc1. The number of nitrogens with one attached hydrogen (secondary N) is 2. The lowest BCUT2D eigenvalue weighted by Gasteiger charge is -2.20. The van der Waals surface area contributed by atoms with Crippen molar-refractivity contribution in [3.05, 3.63) is 54.4 Å². The van der Waals surface area contributed by atoms with Gasteiger partial charge in [0.05, 0.1) is 17.9 Å². The van der Waals surface area contributed by atoms with Gasteiger partial charge in [0.15, 0.2) is 5.11 Å². The molecule has 23 heavy (non-hydrogen) atoms. The molecule has 0 bridgehead atoms. The number of hydrogen-bond acceptors (Lipinski definition) is 3. The second-order valence-corrected chi connectivity index (χ2v) is 6.26. The molecule has 1 atom stereocenters. The van der Waals surface area contributed by atoms with E-state index in [4.69, 9.17) is 12.2 Å². The standard InChI is InChI=1S/C18H22N4S/c1-14(20-18(23)21-16-5-4-10-19-13-16)15-6-8-17(9-7-15)22-11-2-3-12-22/h4-10,13-14H,2-3,11-12H2,1H3,(H2,20,21,23). The van der Waals surface area contributed by atoms with Crippen molar-refractivity contribution in [1.29, 1.82) is 0 Å². The van der Waals surface area contributed by atoms with Gasteiger partial charge < -0.3 is 15.5 Å². The van der Waals surface area contributed by atoms with E-state index < -0.39 is 0 Å². The van der Waals surface area contributed by atoms with Crippen molar-refractivity contribution in [2.45, 2.75) is 25.8 Å². The molecule has 1 saturated heterocycles. The summed E-state index contributed by atoms with van der Waals surface area (Å²) >= 11 is 5.37. The summed E-state index contributed by atoms with van der Waals surface area (Å²) in [5, 5.41) is 7.07. The van der Waals surface area contributed by atoms with E-state index in [9.17, 15) is 0 Å². The summed E-state index contributed by atoms with van der Waals surface area (Å²) in [7, 11) is 0. The Morgan fingerprint density at radius 1 is 1.17 bits per heavy atom. The minimum Gasteiger partial charge on any atom is -0.372 e. The Kier molecular flexibility index (Phi) is 5.08. The summed E-state index contributed by atoms with van der Waals surface area (Å²) in [6, 6.07) is 12.7. The zero-order valence-electron chi connectivity index (χ0n) is 13.3. The third-order valence-corrected chi connectivity index (χ3v) is 4.35. The van der Waals surface area contributed by atoms with Gasteiger partial charge in [0, 0.05) is 25.0 Å². The summed E-state index contributed by atoms with van der Waals surface area (Å²) in [5.41, 5.74) is 3.43. The lowest BCUT2D eigenvalue weighted by Crippen LogP contribution is -2.30. The molecule has 2 aromatic rings. The van der Waals surface area contributed by atoms with Gasteiger partial charge in [-0.2, -0.15) is 0 Å². The predicted octanol–water partition coefficient (Wildman–Crippen LogP) is 3.73. The molecule has 1 aromatic heterocycles. The molecular weight excluding hydrogens is 304 g/mol. The molecule has 0 amide bonds. The topological polar surface area (TPSA) is 40.2 Å². The van der Waals surface area contributed by atoms with Crippen LogP contribution in [-0.2, 0) is 0 Å². The third kappa shape index (κ3) is 4.20. The third-order valence-electron chi connectivity index (χ3n) is 4.13.